The van der Waals surface area contributed by atoms with Gasteiger partial charge < -0.3 is 5.32 Å². The molecule has 1 aliphatic rings. The van der Waals surface area contributed by atoms with Crippen LogP contribution in [0.25, 0.3) is 0 Å². The van der Waals surface area contributed by atoms with Gasteiger partial charge in [-0.25, -0.2) is 5.01 Å². The van der Waals surface area contributed by atoms with Crippen LogP contribution >= 0.6 is 0 Å². The van der Waals surface area contributed by atoms with Gasteiger partial charge in [-0.1, -0.05) is 13.8 Å². The Hall–Kier alpha value is -0.610. The van der Waals surface area contributed by atoms with Gasteiger partial charge in [0.25, 0.3) is 0 Å². The normalized spacial score (nSPS) is 29.6. The van der Waals surface area contributed by atoms with Crippen LogP contribution in [0.2, 0.25) is 0 Å². The van der Waals surface area contributed by atoms with Gasteiger partial charge in [-0.2, -0.15) is 0 Å². The van der Waals surface area contributed by atoms with Crippen molar-refractivity contribution in [2.24, 2.45) is 5.92 Å². The van der Waals surface area contributed by atoms with E-state index in [9.17, 15) is 4.79 Å². The molecule has 2 atom stereocenters. The van der Waals surface area contributed by atoms with Crippen molar-refractivity contribution in [3.63, 3.8) is 0 Å². The SMILES string of the molecule is CNC(=O)C1CC(C(C)C)NN1C. The summed E-state index contributed by atoms with van der Waals surface area (Å²) in [5.74, 6) is 0.662. The van der Waals surface area contributed by atoms with Crippen LogP contribution in [0.1, 0.15) is 20.3 Å². The first-order valence-corrected chi connectivity index (χ1v) is 4.77. The summed E-state index contributed by atoms with van der Waals surface area (Å²) >= 11 is 0. The van der Waals surface area contributed by atoms with Crippen molar-refractivity contribution in [1.29, 1.82) is 0 Å². The first-order chi connectivity index (χ1) is 6.06. The van der Waals surface area contributed by atoms with E-state index in [1.165, 1.54) is 0 Å². The maximum atomic E-state index is 11.4. The van der Waals surface area contributed by atoms with E-state index in [0.717, 1.165) is 6.42 Å². The van der Waals surface area contributed by atoms with E-state index < -0.39 is 0 Å². The summed E-state index contributed by atoms with van der Waals surface area (Å²) in [6, 6.07) is 0.407. The fraction of sp³-hybridized carbons (Fsp3) is 0.889. The van der Waals surface area contributed by atoms with E-state index >= 15 is 0 Å². The molecular weight excluding hydrogens is 166 g/mol. The Bertz CT molecular complexity index is 193. The zero-order valence-corrected chi connectivity index (χ0v) is 8.79. The van der Waals surface area contributed by atoms with Gasteiger partial charge in [-0.15, -0.1) is 0 Å². The largest absolute Gasteiger partial charge is 0.358 e. The summed E-state index contributed by atoms with van der Waals surface area (Å²) < 4.78 is 0. The quantitative estimate of drug-likeness (QED) is 0.635. The number of nitrogens with one attached hydrogen (secondary N) is 2. The maximum absolute atomic E-state index is 11.4. The molecule has 1 rings (SSSR count). The van der Waals surface area contributed by atoms with Crippen molar-refractivity contribution < 1.29 is 4.79 Å². The molecule has 0 saturated carbocycles. The number of nitrogens with zero attached hydrogens (tertiary/aromatic N) is 1. The minimum absolute atomic E-state index is 0.0163. The zero-order chi connectivity index (χ0) is 10.0. The third-order valence-electron chi connectivity index (χ3n) is 2.67. The lowest BCUT2D eigenvalue weighted by molar-refractivity contribution is -0.125. The van der Waals surface area contributed by atoms with Gasteiger partial charge in [0.05, 0.1) is 0 Å². The maximum Gasteiger partial charge on any atom is 0.238 e. The van der Waals surface area contributed by atoms with Crippen molar-refractivity contribution in [2.75, 3.05) is 14.1 Å². The molecule has 0 aliphatic carbocycles. The molecule has 0 spiro atoms. The molecule has 2 unspecified atom stereocenters. The Balaban J connectivity index is 2.56. The minimum atomic E-state index is -0.0163. The number of carbonyl (C=O) groups is 1. The molecule has 2 N–H and O–H groups in total. The fourth-order valence-electron chi connectivity index (χ4n) is 1.67. The summed E-state index contributed by atoms with van der Waals surface area (Å²) in [4.78, 5) is 11.4. The van der Waals surface area contributed by atoms with Crippen molar-refractivity contribution in [3.8, 4) is 0 Å². The van der Waals surface area contributed by atoms with Crippen LogP contribution in [0.3, 0.4) is 0 Å². The highest BCUT2D eigenvalue weighted by molar-refractivity contribution is 5.81. The van der Waals surface area contributed by atoms with Gasteiger partial charge in [-0.3, -0.25) is 10.2 Å². The minimum Gasteiger partial charge on any atom is -0.358 e. The summed E-state index contributed by atoms with van der Waals surface area (Å²) in [5.41, 5.74) is 3.29. The standard InChI is InChI=1S/C9H19N3O/c1-6(2)7-5-8(9(13)10-3)12(4)11-7/h6-8,11H,5H2,1-4H3,(H,10,13). The average Bonchev–Trinajstić information content (AvgIpc) is 2.46. The van der Waals surface area contributed by atoms with E-state index in [-0.39, 0.29) is 11.9 Å². The number of hydrogen-bond donors (Lipinski definition) is 2. The molecule has 0 radical (unpaired) electrons. The van der Waals surface area contributed by atoms with Gasteiger partial charge in [0.15, 0.2) is 0 Å². The summed E-state index contributed by atoms with van der Waals surface area (Å²) in [7, 11) is 3.60. The Labute approximate surface area is 79.6 Å². The van der Waals surface area contributed by atoms with E-state index in [4.69, 9.17) is 0 Å². The summed E-state index contributed by atoms with van der Waals surface area (Å²) in [5, 5.41) is 4.58. The second-order valence-corrected chi connectivity index (χ2v) is 3.96. The predicted molar refractivity (Wildman–Crippen MR) is 52.0 cm³/mol. The van der Waals surface area contributed by atoms with Gasteiger partial charge >= 0.3 is 0 Å². The van der Waals surface area contributed by atoms with Crippen molar-refractivity contribution in [2.45, 2.75) is 32.4 Å². The van der Waals surface area contributed by atoms with E-state index in [1.807, 2.05) is 12.1 Å². The molecule has 76 valence electrons. The highest BCUT2D eigenvalue weighted by Crippen LogP contribution is 2.18. The number of likely N-dealkylation sites (N-methyl/N-ethyl adjacent to an activating group) is 2. The lowest BCUT2D eigenvalue weighted by atomic mass is 9.99. The monoisotopic (exact) mass is 185 g/mol. The molecule has 13 heavy (non-hydrogen) atoms. The Morgan fingerprint density at radius 3 is 2.62 bits per heavy atom. The highest BCUT2D eigenvalue weighted by Gasteiger charge is 2.34. The molecule has 0 aromatic heterocycles. The van der Waals surface area contributed by atoms with Gasteiger partial charge in [0, 0.05) is 20.1 Å². The van der Waals surface area contributed by atoms with Crippen molar-refractivity contribution in [1.82, 2.24) is 15.8 Å². The molecule has 0 bridgehead atoms. The number of hydrogen-bond acceptors (Lipinski definition) is 3. The molecule has 1 heterocycles. The molecular formula is C9H19N3O. The van der Waals surface area contributed by atoms with Crippen LogP contribution in [-0.4, -0.2) is 37.1 Å². The molecule has 1 fully saturated rings. The Kier molecular flexibility index (Phi) is 3.27. The number of rotatable bonds is 2. The van der Waals surface area contributed by atoms with Crippen LogP contribution in [0.5, 0.6) is 0 Å². The van der Waals surface area contributed by atoms with Gasteiger partial charge in [0.1, 0.15) is 6.04 Å². The topological polar surface area (TPSA) is 44.4 Å². The number of amides is 1. The molecule has 1 saturated heterocycles. The predicted octanol–water partition coefficient (Wildman–Crippen LogP) is -0.0343. The van der Waals surface area contributed by atoms with E-state index in [0.29, 0.717) is 12.0 Å². The van der Waals surface area contributed by atoms with Crippen molar-refractivity contribution >= 4 is 5.91 Å². The molecule has 1 amide bonds. The van der Waals surface area contributed by atoms with Crippen LogP contribution in [-0.2, 0) is 4.79 Å². The smallest absolute Gasteiger partial charge is 0.238 e. The zero-order valence-electron chi connectivity index (χ0n) is 8.79. The first-order valence-electron chi connectivity index (χ1n) is 4.77. The fourth-order valence-corrected chi connectivity index (χ4v) is 1.67. The molecule has 0 aromatic carbocycles. The number of carbonyl (C=O) groups excluding carboxylic acids is 1. The molecule has 1 aliphatic heterocycles. The van der Waals surface area contributed by atoms with Gasteiger partial charge in [0.2, 0.25) is 5.91 Å². The van der Waals surface area contributed by atoms with E-state index in [2.05, 4.69) is 24.6 Å². The molecule has 4 nitrogen and oxygen atoms in total. The Morgan fingerprint density at radius 2 is 2.23 bits per heavy atom. The van der Waals surface area contributed by atoms with Crippen LogP contribution < -0.4 is 10.7 Å². The highest BCUT2D eigenvalue weighted by atomic mass is 16.2. The molecule has 0 aromatic rings. The van der Waals surface area contributed by atoms with Crippen LogP contribution in [0.4, 0.5) is 0 Å². The van der Waals surface area contributed by atoms with Gasteiger partial charge in [-0.05, 0) is 12.3 Å². The lowest BCUT2D eigenvalue weighted by Crippen LogP contribution is -2.43. The van der Waals surface area contributed by atoms with Crippen molar-refractivity contribution in [3.05, 3.63) is 0 Å². The van der Waals surface area contributed by atoms with Crippen LogP contribution in [0.15, 0.2) is 0 Å². The third kappa shape index (κ3) is 2.19. The first kappa shape index (κ1) is 10.5. The summed E-state index contributed by atoms with van der Waals surface area (Å²) in [6.45, 7) is 4.33. The number of hydrazine groups is 1. The van der Waals surface area contributed by atoms with E-state index in [1.54, 1.807) is 7.05 Å². The third-order valence-corrected chi connectivity index (χ3v) is 2.67. The lowest BCUT2D eigenvalue weighted by Gasteiger charge is -2.17. The second kappa shape index (κ2) is 4.07. The second-order valence-electron chi connectivity index (χ2n) is 3.96. The average molecular weight is 185 g/mol. The summed E-state index contributed by atoms with van der Waals surface area (Å²) in [6.07, 6.45) is 0.897. The molecule has 4 heteroatoms. The van der Waals surface area contributed by atoms with Crippen LogP contribution in [0, 0.1) is 5.92 Å². The Morgan fingerprint density at radius 1 is 1.62 bits per heavy atom.